The second-order valence-corrected chi connectivity index (χ2v) is 13.1. The molecular formula is C18H36O4Si. The van der Waals surface area contributed by atoms with E-state index in [9.17, 15) is 4.79 Å². The van der Waals surface area contributed by atoms with E-state index < -0.39 is 8.32 Å². The van der Waals surface area contributed by atoms with Crippen LogP contribution in [0.25, 0.3) is 0 Å². The van der Waals surface area contributed by atoms with Crippen LogP contribution in [-0.2, 0) is 18.7 Å². The van der Waals surface area contributed by atoms with Crippen molar-refractivity contribution in [2.24, 2.45) is 0 Å². The molecule has 0 aromatic heterocycles. The fraction of sp³-hybridized carbons (Fsp3) is 0.944. The summed E-state index contributed by atoms with van der Waals surface area (Å²) in [5.74, 6) is 0.239. The van der Waals surface area contributed by atoms with Gasteiger partial charge in [0.05, 0.1) is 12.7 Å². The fourth-order valence-corrected chi connectivity index (χ4v) is 9.55. The quantitative estimate of drug-likeness (QED) is 0.570. The van der Waals surface area contributed by atoms with Crippen LogP contribution in [0.15, 0.2) is 0 Å². The number of carbonyl (C=O) groups is 1. The summed E-state index contributed by atoms with van der Waals surface area (Å²) < 4.78 is 17.4. The molecule has 0 aromatic rings. The Hall–Kier alpha value is -0.233. The van der Waals surface area contributed by atoms with Gasteiger partial charge in [0, 0.05) is 19.4 Å². The Balaban J connectivity index is 2.48. The molecule has 5 heteroatoms. The summed E-state index contributed by atoms with van der Waals surface area (Å²) in [5, 5.41) is 0. The summed E-state index contributed by atoms with van der Waals surface area (Å²) in [6.07, 6.45) is 1.60. The standard InChI is InChI=1S/C18H36O4Si/c1-13(2)23(14(3)4,15(5)6)21-11-8-17(19)12-18-9-10-20-16(7)22-18/h13-16,18H,8-12H2,1-7H3/t16?,18-/m0/s1. The van der Waals surface area contributed by atoms with E-state index in [1.54, 1.807) is 0 Å². The van der Waals surface area contributed by atoms with Crippen molar-refractivity contribution in [3.05, 3.63) is 0 Å². The molecule has 1 aliphatic rings. The predicted molar refractivity (Wildman–Crippen MR) is 96.1 cm³/mol. The Morgan fingerprint density at radius 3 is 2.17 bits per heavy atom. The first-order valence-electron chi connectivity index (χ1n) is 9.12. The van der Waals surface area contributed by atoms with Crippen molar-refractivity contribution in [1.29, 1.82) is 0 Å². The number of ketones is 1. The van der Waals surface area contributed by atoms with E-state index in [0.29, 0.717) is 42.7 Å². The summed E-state index contributed by atoms with van der Waals surface area (Å²) in [6.45, 7) is 16.7. The van der Waals surface area contributed by atoms with Gasteiger partial charge in [-0.3, -0.25) is 4.79 Å². The first-order valence-corrected chi connectivity index (χ1v) is 11.3. The number of rotatable bonds is 9. The number of ether oxygens (including phenoxy) is 2. The van der Waals surface area contributed by atoms with Crippen molar-refractivity contribution in [2.45, 2.75) is 96.7 Å². The molecule has 23 heavy (non-hydrogen) atoms. The Kier molecular flexibility index (Phi) is 8.42. The summed E-state index contributed by atoms with van der Waals surface area (Å²) in [7, 11) is -1.86. The van der Waals surface area contributed by atoms with Crippen molar-refractivity contribution in [3.8, 4) is 0 Å². The van der Waals surface area contributed by atoms with Gasteiger partial charge in [-0.15, -0.1) is 0 Å². The van der Waals surface area contributed by atoms with E-state index in [-0.39, 0.29) is 18.2 Å². The molecule has 0 spiro atoms. The lowest BCUT2D eigenvalue weighted by Crippen LogP contribution is -2.48. The fourth-order valence-electron chi connectivity index (χ4n) is 4.09. The van der Waals surface area contributed by atoms with E-state index >= 15 is 0 Å². The van der Waals surface area contributed by atoms with Crippen LogP contribution < -0.4 is 0 Å². The monoisotopic (exact) mass is 344 g/mol. The third kappa shape index (κ3) is 5.66. The van der Waals surface area contributed by atoms with Gasteiger partial charge in [-0.25, -0.2) is 0 Å². The Morgan fingerprint density at radius 1 is 1.13 bits per heavy atom. The zero-order chi connectivity index (χ0) is 17.6. The van der Waals surface area contributed by atoms with Crippen LogP contribution in [0.5, 0.6) is 0 Å². The van der Waals surface area contributed by atoms with Gasteiger partial charge in [0.25, 0.3) is 0 Å². The average Bonchev–Trinajstić information content (AvgIpc) is 2.42. The van der Waals surface area contributed by atoms with Gasteiger partial charge in [0.15, 0.2) is 14.6 Å². The molecule has 0 aromatic carbocycles. The van der Waals surface area contributed by atoms with E-state index in [0.717, 1.165) is 6.42 Å². The predicted octanol–water partition coefficient (Wildman–Crippen LogP) is 4.68. The van der Waals surface area contributed by atoms with Gasteiger partial charge in [0.1, 0.15) is 5.78 Å². The Bertz CT molecular complexity index is 346. The van der Waals surface area contributed by atoms with Crippen molar-refractivity contribution in [1.82, 2.24) is 0 Å². The maximum Gasteiger partial charge on any atom is 0.200 e. The van der Waals surface area contributed by atoms with Gasteiger partial charge in [-0.2, -0.15) is 0 Å². The molecule has 136 valence electrons. The summed E-state index contributed by atoms with van der Waals surface area (Å²) in [6, 6.07) is 0. The molecule has 1 unspecified atom stereocenters. The molecule has 1 saturated heterocycles. The third-order valence-electron chi connectivity index (χ3n) is 5.07. The Labute approximate surface area is 143 Å². The van der Waals surface area contributed by atoms with E-state index in [2.05, 4.69) is 41.5 Å². The maximum atomic E-state index is 12.2. The minimum absolute atomic E-state index is 0.00792. The molecule has 0 radical (unpaired) electrons. The molecule has 0 aliphatic carbocycles. The first-order chi connectivity index (χ1) is 10.7. The van der Waals surface area contributed by atoms with Gasteiger partial charge in [0.2, 0.25) is 0 Å². The van der Waals surface area contributed by atoms with E-state index in [1.165, 1.54) is 0 Å². The van der Waals surface area contributed by atoms with E-state index in [4.69, 9.17) is 13.9 Å². The number of hydrogen-bond donors (Lipinski definition) is 0. The van der Waals surface area contributed by atoms with Crippen molar-refractivity contribution in [2.75, 3.05) is 13.2 Å². The van der Waals surface area contributed by atoms with Gasteiger partial charge >= 0.3 is 0 Å². The SMILES string of the molecule is CC1OCC[C@@H](CC(=O)CCO[Si](C(C)C)(C(C)C)C(C)C)O1. The molecule has 4 nitrogen and oxygen atoms in total. The lowest BCUT2D eigenvalue weighted by molar-refractivity contribution is -0.203. The first kappa shape index (κ1) is 20.8. The van der Waals surface area contributed by atoms with Gasteiger partial charge in [-0.1, -0.05) is 41.5 Å². The molecule has 0 bridgehead atoms. The van der Waals surface area contributed by atoms with Crippen LogP contribution in [0.2, 0.25) is 16.6 Å². The summed E-state index contributed by atoms with van der Waals surface area (Å²) >= 11 is 0. The largest absolute Gasteiger partial charge is 0.416 e. The van der Waals surface area contributed by atoms with Crippen LogP contribution in [-0.4, -0.2) is 39.7 Å². The minimum atomic E-state index is -1.86. The summed E-state index contributed by atoms with van der Waals surface area (Å²) in [4.78, 5) is 12.2. The minimum Gasteiger partial charge on any atom is -0.416 e. The van der Waals surface area contributed by atoms with Crippen molar-refractivity contribution >= 4 is 14.1 Å². The van der Waals surface area contributed by atoms with Crippen molar-refractivity contribution in [3.63, 3.8) is 0 Å². The topological polar surface area (TPSA) is 44.8 Å². The van der Waals surface area contributed by atoms with Crippen LogP contribution >= 0.6 is 0 Å². The summed E-state index contributed by atoms with van der Waals surface area (Å²) in [5.41, 5.74) is 1.66. The highest BCUT2D eigenvalue weighted by Crippen LogP contribution is 2.42. The molecule has 0 saturated carbocycles. The smallest absolute Gasteiger partial charge is 0.200 e. The van der Waals surface area contributed by atoms with Crippen LogP contribution in [0.1, 0.15) is 67.7 Å². The van der Waals surface area contributed by atoms with Gasteiger partial charge < -0.3 is 13.9 Å². The highest BCUT2D eigenvalue weighted by Gasteiger charge is 2.44. The van der Waals surface area contributed by atoms with Crippen LogP contribution in [0.4, 0.5) is 0 Å². The molecule has 0 N–H and O–H groups in total. The molecule has 1 heterocycles. The highest BCUT2D eigenvalue weighted by atomic mass is 28.4. The number of hydrogen-bond acceptors (Lipinski definition) is 4. The zero-order valence-corrected chi connectivity index (χ0v) is 17.1. The highest BCUT2D eigenvalue weighted by molar-refractivity contribution is 6.77. The number of carbonyl (C=O) groups excluding carboxylic acids is 1. The van der Waals surface area contributed by atoms with Gasteiger partial charge in [-0.05, 0) is 30.0 Å². The van der Waals surface area contributed by atoms with Crippen LogP contribution in [0, 0.1) is 0 Å². The normalized spacial score (nSPS) is 23.0. The molecular weight excluding hydrogens is 308 g/mol. The van der Waals surface area contributed by atoms with Crippen LogP contribution in [0.3, 0.4) is 0 Å². The second-order valence-electron chi connectivity index (χ2n) is 7.64. The Morgan fingerprint density at radius 2 is 1.70 bits per heavy atom. The lowest BCUT2D eigenvalue weighted by Gasteiger charge is -2.42. The average molecular weight is 345 g/mol. The third-order valence-corrected chi connectivity index (χ3v) is 11.2. The number of Topliss-reactive ketones (excluding diaryl/α,β-unsaturated/α-hetero) is 1. The zero-order valence-electron chi connectivity index (χ0n) is 16.1. The van der Waals surface area contributed by atoms with Crippen molar-refractivity contribution < 1.29 is 18.7 Å². The molecule has 2 atom stereocenters. The molecule has 1 fully saturated rings. The molecule has 1 rings (SSSR count). The lowest BCUT2D eigenvalue weighted by atomic mass is 10.1. The second kappa shape index (κ2) is 9.30. The molecule has 1 aliphatic heterocycles. The molecule has 0 amide bonds. The van der Waals surface area contributed by atoms with E-state index in [1.807, 2.05) is 6.92 Å². The maximum absolute atomic E-state index is 12.2.